The van der Waals surface area contributed by atoms with Gasteiger partial charge in [-0.25, -0.2) is 0 Å². The third-order valence-corrected chi connectivity index (χ3v) is 3.56. The summed E-state index contributed by atoms with van der Waals surface area (Å²) >= 11 is 0. The Morgan fingerprint density at radius 2 is 1.84 bits per heavy atom. The van der Waals surface area contributed by atoms with E-state index in [1.54, 1.807) is 50.2 Å². The topological polar surface area (TPSA) is 98.5 Å². The largest absolute Gasteiger partial charge is 0.484 e. The fourth-order valence-electron chi connectivity index (χ4n) is 2.17. The number of nitro benzene ring substituents is 1. The first-order valence-corrected chi connectivity index (χ1v) is 7.71. The molecule has 0 saturated carbocycles. The van der Waals surface area contributed by atoms with Crippen LogP contribution in [0.3, 0.4) is 0 Å². The van der Waals surface area contributed by atoms with Crippen molar-refractivity contribution in [3.8, 4) is 5.75 Å². The number of Topliss-reactive ketones (excluding diaryl/α,β-unsaturated/α-hetero) is 1. The number of benzene rings is 2. The maximum absolute atomic E-state index is 11.9. The van der Waals surface area contributed by atoms with Gasteiger partial charge in [-0.05, 0) is 37.3 Å². The highest BCUT2D eigenvalue weighted by Gasteiger charge is 2.12. The number of rotatable bonds is 7. The molecule has 0 spiro atoms. The standard InChI is InChI=1S/C18H18N2O5/c1-3-17(21)13-5-8-15(9-6-13)25-11-18(22)19-14-7-4-12(2)16(10-14)20(23)24/h4-10H,3,11H2,1-2H3,(H,19,22). The SMILES string of the molecule is CCC(=O)c1ccc(OCC(=O)Nc2ccc(C)c([N+](=O)[O-])c2)cc1. The van der Waals surface area contributed by atoms with Crippen molar-refractivity contribution in [1.29, 1.82) is 0 Å². The summed E-state index contributed by atoms with van der Waals surface area (Å²) in [6.45, 7) is 3.16. The van der Waals surface area contributed by atoms with Crippen molar-refractivity contribution < 1.29 is 19.2 Å². The molecule has 0 atom stereocenters. The first-order chi connectivity index (χ1) is 11.9. The Kier molecular flexibility index (Phi) is 5.84. The Morgan fingerprint density at radius 3 is 2.44 bits per heavy atom. The lowest BCUT2D eigenvalue weighted by molar-refractivity contribution is -0.385. The molecule has 0 unspecified atom stereocenters. The number of carbonyl (C=O) groups is 2. The molecule has 0 aliphatic rings. The van der Waals surface area contributed by atoms with Crippen molar-refractivity contribution in [2.75, 3.05) is 11.9 Å². The second-order valence-corrected chi connectivity index (χ2v) is 5.40. The molecule has 0 radical (unpaired) electrons. The van der Waals surface area contributed by atoms with Gasteiger partial charge in [-0.1, -0.05) is 13.0 Å². The number of hydrogen-bond donors (Lipinski definition) is 1. The third-order valence-electron chi connectivity index (χ3n) is 3.56. The second-order valence-electron chi connectivity index (χ2n) is 5.40. The highest BCUT2D eigenvalue weighted by molar-refractivity contribution is 5.96. The Balaban J connectivity index is 1.94. The van der Waals surface area contributed by atoms with Crippen LogP contribution in [0.15, 0.2) is 42.5 Å². The summed E-state index contributed by atoms with van der Waals surface area (Å²) in [7, 11) is 0. The number of ether oxygens (including phenoxy) is 1. The first kappa shape index (κ1) is 18.1. The van der Waals surface area contributed by atoms with Crippen LogP contribution >= 0.6 is 0 Å². The van der Waals surface area contributed by atoms with Crippen LogP contribution in [0.5, 0.6) is 5.75 Å². The van der Waals surface area contributed by atoms with E-state index in [-0.39, 0.29) is 18.1 Å². The molecule has 2 aromatic rings. The monoisotopic (exact) mass is 342 g/mol. The molecule has 2 aromatic carbocycles. The molecule has 0 aliphatic carbocycles. The summed E-state index contributed by atoms with van der Waals surface area (Å²) in [4.78, 5) is 33.9. The molecular weight excluding hydrogens is 324 g/mol. The highest BCUT2D eigenvalue weighted by atomic mass is 16.6. The van der Waals surface area contributed by atoms with E-state index >= 15 is 0 Å². The molecule has 2 rings (SSSR count). The molecule has 0 heterocycles. The predicted octanol–water partition coefficient (Wildman–Crippen LogP) is 3.51. The summed E-state index contributed by atoms with van der Waals surface area (Å²) in [5, 5.41) is 13.5. The summed E-state index contributed by atoms with van der Waals surface area (Å²) < 4.78 is 5.35. The Hall–Kier alpha value is -3.22. The highest BCUT2D eigenvalue weighted by Crippen LogP contribution is 2.22. The smallest absolute Gasteiger partial charge is 0.274 e. The van der Waals surface area contributed by atoms with Gasteiger partial charge in [0, 0.05) is 29.3 Å². The number of aryl methyl sites for hydroxylation is 1. The van der Waals surface area contributed by atoms with Crippen LogP contribution in [0.25, 0.3) is 0 Å². The lowest BCUT2D eigenvalue weighted by Gasteiger charge is -2.08. The van der Waals surface area contributed by atoms with Crippen LogP contribution in [0, 0.1) is 17.0 Å². The maximum Gasteiger partial charge on any atom is 0.274 e. The third kappa shape index (κ3) is 4.87. The van der Waals surface area contributed by atoms with Gasteiger partial charge in [-0.15, -0.1) is 0 Å². The number of nitrogens with one attached hydrogen (secondary N) is 1. The van der Waals surface area contributed by atoms with E-state index in [1.807, 2.05) is 0 Å². The van der Waals surface area contributed by atoms with Crippen LogP contribution in [0.1, 0.15) is 29.3 Å². The zero-order valence-electron chi connectivity index (χ0n) is 13.9. The van der Waals surface area contributed by atoms with Gasteiger partial charge in [0.05, 0.1) is 4.92 Å². The molecule has 1 amide bonds. The van der Waals surface area contributed by atoms with E-state index < -0.39 is 10.8 Å². The zero-order valence-corrected chi connectivity index (χ0v) is 13.9. The molecule has 7 heteroatoms. The average Bonchev–Trinajstić information content (AvgIpc) is 2.61. The van der Waals surface area contributed by atoms with Crippen LogP contribution in [-0.2, 0) is 4.79 Å². The van der Waals surface area contributed by atoms with Crippen molar-refractivity contribution >= 4 is 23.1 Å². The van der Waals surface area contributed by atoms with Crippen molar-refractivity contribution in [2.24, 2.45) is 0 Å². The van der Waals surface area contributed by atoms with Gasteiger partial charge in [0.25, 0.3) is 11.6 Å². The quantitative estimate of drug-likeness (QED) is 0.471. The zero-order chi connectivity index (χ0) is 18.4. The molecule has 25 heavy (non-hydrogen) atoms. The summed E-state index contributed by atoms with van der Waals surface area (Å²) in [5.74, 6) is 0.0508. The molecule has 0 saturated heterocycles. The molecule has 0 aliphatic heterocycles. The van der Waals surface area contributed by atoms with Crippen LogP contribution in [0.2, 0.25) is 0 Å². The van der Waals surface area contributed by atoms with E-state index in [9.17, 15) is 19.7 Å². The van der Waals surface area contributed by atoms with Crippen molar-refractivity contribution in [2.45, 2.75) is 20.3 Å². The minimum absolute atomic E-state index is 0.0326. The molecule has 0 bridgehead atoms. The van der Waals surface area contributed by atoms with Gasteiger partial charge in [0.2, 0.25) is 0 Å². The van der Waals surface area contributed by atoms with E-state index in [0.29, 0.717) is 29.0 Å². The molecular formula is C18H18N2O5. The molecule has 1 N–H and O–H groups in total. The van der Waals surface area contributed by atoms with Gasteiger partial charge < -0.3 is 10.1 Å². The second kappa shape index (κ2) is 8.05. The number of ketones is 1. The number of anilines is 1. The summed E-state index contributed by atoms with van der Waals surface area (Å²) in [6.07, 6.45) is 0.422. The van der Waals surface area contributed by atoms with E-state index in [4.69, 9.17) is 4.74 Å². The fraction of sp³-hybridized carbons (Fsp3) is 0.222. The van der Waals surface area contributed by atoms with Crippen molar-refractivity contribution in [3.63, 3.8) is 0 Å². The molecule has 130 valence electrons. The average molecular weight is 342 g/mol. The molecule has 0 fully saturated rings. The lowest BCUT2D eigenvalue weighted by atomic mass is 10.1. The number of nitro groups is 1. The van der Waals surface area contributed by atoms with E-state index in [2.05, 4.69) is 5.32 Å². The minimum Gasteiger partial charge on any atom is -0.484 e. The fourth-order valence-corrected chi connectivity index (χ4v) is 2.17. The maximum atomic E-state index is 11.9. The van der Waals surface area contributed by atoms with Crippen molar-refractivity contribution in [3.05, 3.63) is 63.7 Å². The Labute approximate surface area is 144 Å². The van der Waals surface area contributed by atoms with Crippen molar-refractivity contribution in [1.82, 2.24) is 0 Å². The summed E-state index contributed by atoms with van der Waals surface area (Å²) in [6, 6.07) is 11.0. The van der Waals surface area contributed by atoms with E-state index in [0.717, 1.165) is 0 Å². The van der Waals surface area contributed by atoms with Crippen LogP contribution in [0.4, 0.5) is 11.4 Å². The van der Waals surface area contributed by atoms with E-state index in [1.165, 1.54) is 6.07 Å². The first-order valence-electron chi connectivity index (χ1n) is 7.71. The number of nitrogens with zero attached hydrogens (tertiary/aromatic N) is 1. The van der Waals surface area contributed by atoms with Gasteiger partial charge in [0.1, 0.15) is 5.75 Å². The predicted molar refractivity (Wildman–Crippen MR) is 93.0 cm³/mol. The Morgan fingerprint density at radius 1 is 1.16 bits per heavy atom. The summed E-state index contributed by atoms with van der Waals surface area (Å²) in [5.41, 5.74) is 1.37. The number of hydrogen-bond acceptors (Lipinski definition) is 5. The van der Waals surface area contributed by atoms with Gasteiger partial charge in [0.15, 0.2) is 12.4 Å². The molecule has 0 aromatic heterocycles. The lowest BCUT2D eigenvalue weighted by Crippen LogP contribution is -2.20. The number of amides is 1. The van der Waals surface area contributed by atoms with Gasteiger partial charge >= 0.3 is 0 Å². The minimum atomic E-state index is -0.499. The van der Waals surface area contributed by atoms with Crippen LogP contribution < -0.4 is 10.1 Å². The normalized spacial score (nSPS) is 10.2. The number of carbonyl (C=O) groups excluding carboxylic acids is 2. The molecule has 7 nitrogen and oxygen atoms in total. The van der Waals surface area contributed by atoms with Crippen LogP contribution in [-0.4, -0.2) is 23.2 Å². The van der Waals surface area contributed by atoms with Gasteiger partial charge in [-0.2, -0.15) is 0 Å². The Bertz CT molecular complexity index is 800. The van der Waals surface area contributed by atoms with Gasteiger partial charge in [-0.3, -0.25) is 19.7 Å².